The van der Waals surface area contributed by atoms with Crippen LogP contribution in [-0.2, 0) is 9.59 Å². The highest BCUT2D eigenvalue weighted by atomic mass is 16.4. The summed E-state index contributed by atoms with van der Waals surface area (Å²) in [6.45, 7) is 6.25. The van der Waals surface area contributed by atoms with E-state index in [0.717, 1.165) is 19.3 Å². The Balaban J connectivity index is 2.53. The number of hydrogen-bond acceptors (Lipinski definition) is 2. The molecule has 0 aromatic carbocycles. The van der Waals surface area contributed by atoms with Crippen molar-refractivity contribution >= 4 is 11.9 Å². The van der Waals surface area contributed by atoms with Gasteiger partial charge in [0.15, 0.2) is 0 Å². The minimum Gasteiger partial charge on any atom is -0.481 e. The van der Waals surface area contributed by atoms with Gasteiger partial charge in [-0.3, -0.25) is 9.59 Å². The number of aliphatic carboxylic acids is 1. The molecule has 1 amide bonds. The topological polar surface area (TPSA) is 66.4 Å². The summed E-state index contributed by atoms with van der Waals surface area (Å²) in [6.07, 6.45) is 3.78. The number of carbonyl (C=O) groups is 2. The Hall–Kier alpha value is -1.06. The highest BCUT2D eigenvalue weighted by Crippen LogP contribution is 2.29. The van der Waals surface area contributed by atoms with Gasteiger partial charge in [-0.1, -0.05) is 27.2 Å². The second-order valence-electron chi connectivity index (χ2n) is 5.67. The zero-order valence-electron chi connectivity index (χ0n) is 11.6. The van der Waals surface area contributed by atoms with E-state index >= 15 is 0 Å². The molecular formula is C14H25NO3. The van der Waals surface area contributed by atoms with E-state index in [1.807, 2.05) is 0 Å². The second kappa shape index (κ2) is 6.76. The Labute approximate surface area is 109 Å². The van der Waals surface area contributed by atoms with Gasteiger partial charge in [0.1, 0.15) is 0 Å². The molecule has 0 bridgehead atoms. The Bertz CT molecular complexity index is 301. The summed E-state index contributed by atoms with van der Waals surface area (Å²) < 4.78 is 0. The molecule has 0 heterocycles. The maximum atomic E-state index is 12.1. The molecule has 1 aliphatic rings. The predicted molar refractivity (Wildman–Crippen MR) is 70.1 cm³/mol. The van der Waals surface area contributed by atoms with E-state index in [4.69, 9.17) is 5.11 Å². The van der Waals surface area contributed by atoms with Crippen molar-refractivity contribution in [1.29, 1.82) is 0 Å². The van der Waals surface area contributed by atoms with Crippen molar-refractivity contribution in [2.45, 2.75) is 58.9 Å². The first-order chi connectivity index (χ1) is 8.45. The molecule has 1 fully saturated rings. The summed E-state index contributed by atoms with van der Waals surface area (Å²) in [7, 11) is 0. The zero-order valence-corrected chi connectivity index (χ0v) is 11.6. The van der Waals surface area contributed by atoms with Crippen LogP contribution in [0.15, 0.2) is 0 Å². The van der Waals surface area contributed by atoms with Gasteiger partial charge in [-0.15, -0.1) is 0 Å². The molecule has 104 valence electrons. The van der Waals surface area contributed by atoms with Crippen molar-refractivity contribution in [2.75, 3.05) is 0 Å². The van der Waals surface area contributed by atoms with Crippen LogP contribution >= 0.6 is 0 Å². The molecule has 1 saturated carbocycles. The van der Waals surface area contributed by atoms with Gasteiger partial charge in [-0.25, -0.2) is 0 Å². The first-order valence-electron chi connectivity index (χ1n) is 6.98. The lowest BCUT2D eigenvalue weighted by Crippen LogP contribution is -2.43. The van der Waals surface area contributed by atoms with Crippen LogP contribution in [0, 0.1) is 17.8 Å². The van der Waals surface area contributed by atoms with Crippen molar-refractivity contribution < 1.29 is 14.7 Å². The highest BCUT2D eigenvalue weighted by Gasteiger charge is 2.31. The van der Waals surface area contributed by atoms with Gasteiger partial charge >= 0.3 is 5.97 Å². The molecule has 4 heteroatoms. The van der Waals surface area contributed by atoms with Crippen LogP contribution in [0.4, 0.5) is 0 Å². The number of nitrogens with one attached hydrogen (secondary N) is 1. The van der Waals surface area contributed by atoms with Gasteiger partial charge < -0.3 is 10.4 Å². The molecule has 18 heavy (non-hydrogen) atoms. The molecule has 2 N–H and O–H groups in total. The first-order valence-corrected chi connectivity index (χ1v) is 6.98. The Morgan fingerprint density at radius 3 is 2.39 bits per heavy atom. The fourth-order valence-electron chi connectivity index (χ4n) is 2.69. The van der Waals surface area contributed by atoms with E-state index in [0.29, 0.717) is 18.8 Å². The molecule has 1 aliphatic carbocycles. The summed E-state index contributed by atoms with van der Waals surface area (Å²) in [5, 5.41) is 12.1. The zero-order chi connectivity index (χ0) is 13.7. The molecular weight excluding hydrogens is 230 g/mol. The number of rotatable bonds is 5. The monoisotopic (exact) mass is 255 g/mol. The fraction of sp³-hybridized carbons (Fsp3) is 0.857. The van der Waals surface area contributed by atoms with Crippen molar-refractivity contribution in [3.63, 3.8) is 0 Å². The van der Waals surface area contributed by atoms with Crippen LogP contribution < -0.4 is 5.32 Å². The molecule has 0 saturated heterocycles. The first kappa shape index (κ1) is 15.0. The number of amides is 1. The lowest BCUT2D eigenvalue weighted by molar-refractivity contribution is -0.144. The van der Waals surface area contributed by atoms with Crippen LogP contribution in [-0.4, -0.2) is 23.0 Å². The normalized spacial score (nSPS) is 25.8. The average molecular weight is 255 g/mol. The van der Waals surface area contributed by atoms with Gasteiger partial charge in [0.25, 0.3) is 0 Å². The number of hydrogen-bond donors (Lipinski definition) is 2. The van der Waals surface area contributed by atoms with E-state index in [9.17, 15) is 9.59 Å². The predicted octanol–water partition coefficient (Wildman–Crippen LogP) is 2.43. The maximum Gasteiger partial charge on any atom is 0.306 e. The number of carbonyl (C=O) groups excluding carboxylic acids is 1. The quantitative estimate of drug-likeness (QED) is 0.793. The molecule has 0 spiro atoms. The Morgan fingerprint density at radius 2 is 1.89 bits per heavy atom. The Morgan fingerprint density at radius 1 is 1.28 bits per heavy atom. The largest absolute Gasteiger partial charge is 0.481 e. The maximum absolute atomic E-state index is 12.1. The third-order valence-corrected chi connectivity index (χ3v) is 3.97. The SMILES string of the molecule is CCC(NC(=O)C1CCCC(C(=O)O)C1)C(C)C. The minimum atomic E-state index is -0.761. The van der Waals surface area contributed by atoms with Crippen LogP contribution in [0.2, 0.25) is 0 Å². The van der Waals surface area contributed by atoms with Crippen molar-refractivity contribution in [1.82, 2.24) is 5.32 Å². The van der Waals surface area contributed by atoms with Gasteiger partial charge in [0.2, 0.25) is 5.91 Å². The molecule has 3 unspecified atom stereocenters. The van der Waals surface area contributed by atoms with Crippen LogP contribution in [0.1, 0.15) is 52.9 Å². The standard InChI is InChI=1S/C14H25NO3/c1-4-12(9(2)3)15-13(16)10-6-5-7-11(8-10)14(17)18/h9-12H,4-8H2,1-3H3,(H,15,16)(H,17,18). The van der Waals surface area contributed by atoms with Crippen LogP contribution in [0.3, 0.4) is 0 Å². The van der Waals surface area contributed by atoms with E-state index < -0.39 is 5.97 Å². The smallest absolute Gasteiger partial charge is 0.306 e. The minimum absolute atomic E-state index is 0.0431. The highest BCUT2D eigenvalue weighted by molar-refractivity contribution is 5.80. The summed E-state index contributed by atoms with van der Waals surface area (Å²) in [6, 6.07) is 0.197. The molecule has 4 nitrogen and oxygen atoms in total. The number of carboxylic acid groups (broad SMARTS) is 1. The molecule has 0 aromatic heterocycles. The van der Waals surface area contributed by atoms with Gasteiger partial charge in [0.05, 0.1) is 5.92 Å². The Kier molecular flexibility index (Phi) is 5.63. The lowest BCUT2D eigenvalue weighted by atomic mass is 9.80. The lowest BCUT2D eigenvalue weighted by Gasteiger charge is -2.28. The summed E-state index contributed by atoms with van der Waals surface area (Å²) in [5.74, 6) is -0.760. The molecule has 0 radical (unpaired) electrons. The van der Waals surface area contributed by atoms with Gasteiger partial charge in [-0.05, 0) is 31.6 Å². The van der Waals surface area contributed by atoms with E-state index in [1.165, 1.54) is 0 Å². The summed E-state index contributed by atoms with van der Waals surface area (Å²) in [4.78, 5) is 23.1. The molecule has 3 atom stereocenters. The van der Waals surface area contributed by atoms with E-state index in [2.05, 4.69) is 26.1 Å². The van der Waals surface area contributed by atoms with Crippen molar-refractivity contribution in [3.05, 3.63) is 0 Å². The average Bonchev–Trinajstić information content (AvgIpc) is 2.35. The fourth-order valence-corrected chi connectivity index (χ4v) is 2.69. The van der Waals surface area contributed by atoms with Crippen LogP contribution in [0.5, 0.6) is 0 Å². The van der Waals surface area contributed by atoms with Gasteiger partial charge in [-0.2, -0.15) is 0 Å². The van der Waals surface area contributed by atoms with E-state index in [-0.39, 0.29) is 23.8 Å². The van der Waals surface area contributed by atoms with Gasteiger partial charge in [0, 0.05) is 12.0 Å². The van der Waals surface area contributed by atoms with E-state index in [1.54, 1.807) is 0 Å². The molecule has 1 rings (SSSR count). The van der Waals surface area contributed by atoms with Crippen molar-refractivity contribution in [2.24, 2.45) is 17.8 Å². The third kappa shape index (κ3) is 4.00. The second-order valence-corrected chi connectivity index (χ2v) is 5.67. The summed E-state index contributed by atoms with van der Waals surface area (Å²) in [5.41, 5.74) is 0. The van der Waals surface area contributed by atoms with Crippen molar-refractivity contribution in [3.8, 4) is 0 Å². The molecule has 0 aromatic rings. The summed E-state index contributed by atoms with van der Waals surface area (Å²) >= 11 is 0. The third-order valence-electron chi connectivity index (χ3n) is 3.97. The number of carboxylic acids is 1. The van der Waals surface area contributed by atoms with Crippen LogP contribution in [0.25, 0.3) is 0 Å². The molecule has 0 aliphatic heterocycles.